The lowest BCUT2D eigenvalue weighted by atomic mass is 10.1. The molecule has 2 bridgehead atoms. The molecule has 0 aromatic carbocycles. The normalized spacial score (nSPS) is 40.8. The maximum atomic E-state index is 10.7. The molecule has 0 aliphatic carbocycles. The van der Waals surface area contributed by atoms with Crippen molar-refractivity contribution in [2.24, 2.45) is 5.92 Å². The number of nitrogens with one attached hydrogen (secondary N) is 1. The standard InChI is InChI=1S/C8H14N2O2/c11-8(12)7-5-10-2-1-6(4-10)3-9-7/h6-7,9H,1-5H2,(H,11,12). The van der Waals surface area contributed by atoms with Gasteiger partial charge in [-0.3, -0.25) is 4.79 Å². The van der Waals surface area contributed by atoms with Crippen LogP contribution in [0.4, 0.5) is 0 Å². The first-order chi connectivity index (χ1) is 5.75. The zero-order valence-electron chi connectivity index (χ0n) is 6.99. The molecular weight excluding hydrogens is 156 g/mol. The molecule has 2 fully saturated rings. The minimum absolute atomic E-state index is 0.352. The molecule has 0 amide bonds. The molecule has 4 heteroatoms. The molecule has 3 unspecified atom stereocenters. The topological polar surface area (TPSA) is 52.6 Å². The molecule has 12 heavy (non-hydrogen) atoms. The van der Waals surface area contributed by atoms with Crippen molar-refractivity contribution in [1.29, 1.82) is 0 Å². The molecule has 2 rings (SSSR count). The first-order valence-electron chi connectivity index (χ1n) is 4.44. The summed E-state index contributed by atoms with van der Waals surface area (Å²) in [5, 5.41) is 11.9. The van der Waals surface area contributed by atoms with Crippen LogP contribution in [0.3, 0.4) is 0 Å². The number of nitrogens with zero attached hydrogens (tertiary/aromatic N) is 1. The highest BCUT2D eigenvalue weighted by molar-refractivity contribution is 5.73. The zero-order chi connectivity index (χ0) is 8.55. The van der Waals surface area contributed by atoms with Gasteiger partial charge in [-0.25, -0.2) is 0 Å². The van der Waals surface area contributed by atoms with Crippen LogP contribution in [-0.2, 0) is 4.79 Å². The number of aliphatic carboxylic acids is 1. The van der Waals surface area contributed by atoms with Gasteiger partial charge in [-0.2, -0.15) is 0 Å². The molecule has 2 saturated heterocycles. The molecule has 2 aliphatic heterocycles. The maximum Gasteiger partial charge on any atom is 0.322 e. The molecule has 0 aromatic rings. The van der Waals surface area contributed by atoms with E-state index in [1.54, 1.807) is 0 Å². The summed E-state index contributed by atoms with van der Waals surface area (Å²) in [5.74, 6) is -0.0445. The SMILES string of the molecule is O=C(O)C1CN2CCC(CN1)C2. The van der Waals surface area contributed by atoms with Crippen molar-refractivity contribution in [2.45, 2.75) is 12.5 Å². The van der Waals surface area contributed by atoms with Gasteiger partial charge in [-0.05, 0) is 18.9 Å². The van der Waals surface area contributed by atoms with E-state index in [2.05, 4.69) is 10.2 Å². The van der Waals surface area contributed by atoms with E-state index in [1.165, 1.54) is 6.42 Å². The Morgan fingerprint density at radius 2 is 2.33 bits per heavy atom. The summed E-state index contributed by atoms with van der Waals surface area (Å²) in [6.45, 7) is 3.70. The second-order valence-electron chi connectivity index (χ2n) is 3.71. The van der Waals surface area contributed by atoms with Crippen molar-refractivity contribution in [3.05, 3.63) is 0 Å². The fourth-order valence-electron chi connectivity index (χ4n) is 2.04. The van der Waals surface area contributed by atoms with Gasteiger partial charge in [0.25, 0.3) is 0 Å². The molecule has 4 nitrogen and oxygen atoms in total. The number of hydrogen-bond donors (Lipinski definition) is 2. The summed E-state index contributed by atoms with van der Waals surface area (Å²) < 4.78 is 0. The summed E-state index contributed by atoms with van der Waals surface area (Å²) in [6, 6.07) is -0.352. The van der Waals surface area contributed by atoms with Gasteiger partial charge in [-0.15, -0.1) is 0 Å². The van der Waals surface area contributed by atoms with Crippen molar-refractivity contribution in [3.8, 4) is 0 Å². The van der Waals surface area contributed by atoms with Crippen LogP contribution in [0, 0.1) is 5.92 Å². The van der Waals surface area contributed by atoms with Crippen molar-refractivity contribution in [1.82, 2.24) is 10.2 Å². The van der Waals surface area contributed by atoms with E-state index in [1.807, 2.05) is 0 Å². The summed E-state index contributed by atoms with van der Waals surface area (Å²) in [4.78, 5) is 12.9. The van der Waals surface area contributed by atoms with Crippen molar-refractivity contribution in [3.63, 3.8) is 0 Å². The third-order valence-electron chi connectivity index (χ3n) is 2.76. The number of carboxylic acid groups (broad SMARTS) is 1. The highest BCUT2D eigenvalue weighted by Crippen LogP contribution is 2.18. The highest BCUT2D eigenvalue weighted by atomic mass is 16.4. The molecule has 0 saturated carbocycles. The minimum atomic E-state index is -0.720. The summed E-state index contributed by atoms with van der Waals surface area (Å²) >= 11 is 0. The number of hydrogen-bond acceptors (Lipinski definition) is 3. The Bertz CT molecular complexity index is 195. The molecule has 2 heterocycles. The van der Waals surface area contributed by atoms with Gasteiger partial charge in [0.2, 0.25) is 0 Å². The first kappa shape index (κ1) is 8.01. The number of rotatable bonds is 1. The summed E-state index contributed by atoms with van der Waals surface area (Å²) in [5.41, 5.74) is 0. The molecule has 0 aromatic heterocycles. The van der Waals surface area contributed by atoms with Crippen LogP contribution in [0.2, 0.25) is 0 Å². The van der Waals surface area contributed by atoms with Crippen molar-refractivity contribution >= 4 is 5.97 Å². The second-order valence-corrected chi connectivity index (χ2v) is 3.71. The van der Waals surface area contributed by atoms with Gasteiger partial charge in [0.15, 0.2) is 0 Å². The molecule has 68 valence electrons. The van der Waals surface area contributed by atoms with E-state index >= 15 is 0 Å². The number of carbonyl (C=O) groups is 1. The average molecular weight is 170 g/mol. The van der Waals surface area contributed by atoms with E-state index in [4.69, 9.17) is 5.11 Å². The Labute approximate surface area is 71.5 Å². The summed E-state index contributed by atoms with van der Waals surface area (Å²) in [6.07, 6.45) is 1.22. The summed E-state index contributed by atoms with van der Waals surface area (Å²) in [7, 11) is 0. The number of fused-ring (bicyclic) bond motifs is 2. The van der Waals surface area contributed by atoms with Crippen LogP contribution in [0.1, 0.15) is 6.42 Å². The van der Waals surface area contributed by atoms with E-state index in [0.717, 1.165) is 19.6 Å². The predicted octanol–water partition coefficient (Wildman–Crippen LogP) is -0.635. The van der Waals surface area contributed by atoms with E-state index in [0.29, 0.717) is 12.5 Å². The van der Waals surface area contributed by atoms with Gasteiger partial charge in [-0.1, -0.05) is 0 Å². The van der Waals surface area contributed by atoms with E-state index in [9.17, 15) is 4.79 Å². The number of carboxylic acids is 1. The highest BCUT2D eigenvalue weighted by Gasteiger charge is 2.31. The molecule has 3 atom stereocenters. The average Bonchev–Trinajstić information content (AvgIpc) is 2.29. The van der Waals surface area contributed by atoms with E-state index in [-0.39, 0.29) is 6.04 Å². The van der Waals surface area contributed by atoms with Crippen molar-refractivity contribution < 1.29 is 9.90 Å². The Morgan fingerprint density at radius 1 is 1.50 bits per heavy atom. The quantitative estimate of drug-likeness (QED) is 0.550. The van der Waals surface area contributed by atoms with Gasteiger partial charge in [0.05, 0.1) is 0 Å². The molecule has 0 spiro atoms. The lowest BCUT2D eigenvalue weighted by Crippen LogP contribution is -2.44. The molecule has 2 N–H and O–H groups in total. The van der Waals surface area contributed by atoms with Gasteiger partial charge >= 0.3 is 5.97 Å². The smallest absolute Gasteiger partial charge is 0.322 e. The zero-order valence-corrected chi connectivity index (χ0v) is 6.99. The fourth-order valence-corrected chi connectivity index (χ4v) is 2.04. The second kappa shape index (κ2) is 3.03. The Morgan fingerprint density at radius 3 is 3.08 bits per heavy atom. The van der Waals surface area contributed by atoms with Crippen molar-refractivity contribution in [2.75, 3.05) is 26.2 Å². The van der Waals surface area contributed by atoms with Crippen LogP contribution in [0.25, 0.3) is 0 Å². The van der Waals surface area contributed by atoms with Gasteiger partial charge < -0.3 is 15.3 Å². The van der Waals surface area contributed by atoms with E-state index < -0.39 is 5.97 Å². The minimum Gasteiger partial charge on any atom is -0.480 e. The molecular formula is C8H14N2O2. The fraction of sp³-hybridized carbons (Fsp3) is 0.875. The lowest BCUT2D eigenvalue weighted by molar-refractivity contribution is -0.139. The van der Waals surface area contributed by atoms with Crippen LogP contribution >= 0.6 is 0 Å². The van der Waals surface area contributed by atoms with Crippen LogP contribution < -0.4 is 5.32 Å². The third kappa shape index (κ3) is 1.44. The Hall–Kier alpha value is -0.610. The van der Waals surface area contributed by atoms with Gasteiger partial charge in [0.1, 0.15) is 6.04 Å². The Balaban J connectivity index is 2.00. The lowest BCUT2D eigenvalue weighted by Gasteiger charge is -2.18. The Kier molecular flexibility index (Phi) is 2.02. The van der Waals surface area contributed by atoms with Crippen LogP contribution in [0.5, 0.6) is 0 Å². The predicted molar refractivity (Wildman–Crippen MR) is 44.0 cm³/mol. The third-order valence-corrected chi connectivity index (χ3v) is 2.76. The van der Waals surface area contributed by atoms with Crippen LogP contribution in [0.15, 0.2) is 0 Å². The van der Waals surface area contributed by atoms with Crippen LogP contribution in [-0.4, -0.2) is 48.2 Å². The largest absolute Gasteiger partial charge is 0.480 e. The first-order valence-corrected chi connectivity index (χ1v) is 4.44. The molecule has 0 radical (unpaired) electrons. The maximum absolute atomic E-state index is 10.7. The van der Waals surface area contributed by atoms with Gasteiger partial charge in [0, 0.05) is 19.6 Å². The molecule has 2 aliphatic rings. The monoisotopic (exact) mass is 170 g/mol.